The van der Waals surface area contributed by atoms with Crippen LogP contribution in [-0.4, -0.2) is 28.3 Å². The second-order valence-electron chi connectivity index (χ2n) is 5.65. The van der Waals surface area contributed by atoms with E-state index in [0.717, 1.165) is 23.5 Å². The number of carbonyl (C=O) groups is 2. The van der Waals surface area contributed by atoms with Crippen LogP contribution < -0.4 is 5.32 Å². The molecule has 0 atom stereocenters. The predicted molar refractivity (Wildman–Crippen MR) is 93.6 cm³/mol. The van der Waals surface area contributed by atoms with Crippen LogP contribution in [0, 0.1) is 18.6 Å². The number of esters is 1. The topological polar surface area (TPSA) is 73.2 Å². The number of aromatic nitrogens is 2. The summed E-state index contributed by atoms with van der Waals surface area (Å²) in [6, 6.07) is 11.5. The van der Waals surface area contributed by atoms with Gasteiger partial charge < -0.3 is 10.1 Å². The highest BCUT2D eigenvalue weighted by atomic mass is 19.1. The molecule has 138 valence electrons. The van der Waals surface area contributed by atoms with Gasteiger partial charge in [0.05, 0.1) is 11.3 Å². The van der Waals surface area contributed by atoms with Crippen molar-refractivity contribution in [3.63, 3.8) is 0 Å². The van der Waals surface area contributed by atoms with Crippen LogP contribution >= 0.6 is 0 Å². The highest BCUT2D eigenvalue weighted by Crippen LogP contribution is 2.18. The molecule has 0 saturated carbocycles. The zero-order chi connectivity index (χ0) is 19.4. The SMILES string of the molecule is Cc1ccnn1-c1ccc(C(=O)OCC(=O)Nc2c(F)cccc2F)cc1. The maximum absolute atomic E-state index is 13.5. The molecule has 0 fully saturated rings. The molecule has 0 aliphatic carbocycles. The van der Waals surface area contributed by atoms with Gasteiger partial charge in [0.2, 0.25) is 0 Å². The largest absolute Gasteiger partial charge is 0.452 e. The molecule has 27 heavy (non-hydrogen) atoms. The fraction of sp³-hybridized carbons (Fsp3) is 0.105. The van der Waals surface area contributed by atoms with Crippen LogP contribution in [0.3, 0.4) is 0 Å². The van der Waals surface area contributed by atoms with Gasteiger partial charge in [0.1, 0.15) is 17.3 Å². The summed E-state index contributed by atoms with van der Waals surface area (Å²) in [6.07, 6.45) is 1.66. The van der Waals surface area contributed by atoms with Crippen molar-refractivity contribution in [2.75, 3.05) is 11.9 Å². The summed E-state index contributed by atoms with van der Waals surface area (Å²) in [6.45, 7) is 1.22. The van der Waals surface area contributed by atoms with Gasteiger partial charge in [-0.2, -0.15) is 5.10 Å². The van der Waals surface area contributed by atoms with Crippen molar-refractivity contribution in [2.45, 2.75) is 6.92 Å². The highest BCUT2D eigenvalue weighted by molar-refractivity contribution is 5.95. The molecule has 0 spiro atoms. The number of ether oxygens (including phenoxy) is 1. The summed E-state index contributed by atoms with van der Waals surface area (Å²) >= 11 is 0. The summed E-state index contributed by atoms with van der Waals surface area (Å²) < 4.78 is 33.6. The smallest absolute Gasteiger partial charge is 0.338 e. The number of benzene rings is 2. The zero-order valence-electron chi connectivity index (χ0n) is 14.3. The molecular formula is C19H15F2N3O3. The number of para-hydroxylation sites is 1. The van der Waals surface area contributed by atoms with Crippen molar-refractivity contribution in [3.05, 3.63) is 77.6 Å². The second kappa shape index (κ2) is 7.77. The molecule has 0 unspecified atom stereocenters. The number of rotatable bonds is 5. The van der Waals surface area contributed by atoms with E-state index in [4.69, 9.17) is 4.74 Å². The average Bonchev–Trinajstić information content (AvgIpc) is 3.09. The monoisotopic (exact) mass is 371 g/mol. The molecule has 0 aliphatic heterocycles. The molecule has 3 aromatic rings. The quantitative estimate of drug-likeness (QED) is 0.699. The molecule has 0 radical (unpaired) electrons. The van der Waals surface area contributed by atoms with Gasteiger partial charge in [-0.1, -0.05) is 6.07 Å². The Morgan fingerprint density at radius 2 is 1.74 bits per heavy atom. The number of nitrogens with zero attached hydrogens (tertiary/aromatic N) is 2. The summed E-state index contributed by atoms with van der Waals surface area (Å²) in [4.78, 5) is 23.8. The standard InChI is InChI=1S/C19H15F2N3O3/c1-12-9-10-22-24(12)14-7-5-13(6-8-14)19(26)27-11-17(25)23-18-15(20)3-2-4-16(18)21/h2-10H,11H2,1H3,(H,23,25). The Labute approximate surface area is 153 Å². The first kappa shape index (κ1) is 18.2. The maximum atomic E-state index is 13.5. The lowest BCUT2D eigenvalue weighted by molar-refractivity contribution is -0.119. The third-order valence-electron chi connectivity index (χ3n) is 3.74. The Balaban J connectivity index is 1.59. The van der Waals surface area contributed by atoms with E-state index >= 15 is 0 Å². The van der Waals surface area contributed by atoms with Crippen molar-refractivity contribution in [2.24, 2.45) is 0 Å². The number of hydrogen-bond donors (Lipinski definition) is 1. The van der Waals surface area contributed by atoms with E-state index < -0.39 is 35.8 Å². The summed E-state index contributed by atoms with van der Waals surface area (Å²) in [7, 11) is 0. The maximum Gasteiger partial charge on any atom is 0.338 e. The van der Waals surface area contributed by atoms with Crippen LogP contribution in [0.15, 0.2) is 54.7 Å². The van der Waals surface area contributed by atoms with Crippen LogP contribution in [0.2, 0.25) is 0 Å². The van der Waals surface area contributed by atoms with Crippen molar-refractivity contribution in [1.29, 1.82) is 0 Å². The van der Waals surface area contributed by atoms with Crippen molar-refractivity contribution >= 4 is 17.6 Å². The van der Waals surface area contributed by atoms with E-state index in [1.807, 2.05) is 18.3 Å². The zero-order valence-corrected chi connectivity index (χ0v) is 14.3. The number of hydrogen-bond acceptors (Lipinski definition) is 4. The van der Waals surface area contributed by atoms with E-state index in [1.165, 1.54) is 18.2 Å². The van der Waals surface area contributed by atoms with Crippen LogP contribution in [0.4, 0.5) is 14.5 Å². The second-order valence-corrected chi connectivity index (χ2v) is 5.65. The van der Waals surface area contributed by atoms with E-state index in [1.54, 1.807) is 23.0 Å². The molecule has 1 aromatic heterocycles. The van der Waals surface area contributed by atoms with Crippen molar-refractivity contribution in [3.8, 4) is 5.69 Å². The van der Waals surface area contributed by atoms with Crippen LogP contribution in [0.1, 0.15) is 16.1 Å². The molecule has 0 aliphatic rings. The molecule has 1 amide bonds. The van der Waals surface area contributed by atoms with Crippen LogP contribution in [0.5, 0.6) is 0 Å². The molecule has 1 N–H and O–H groups in total. The molecule has 0 saturated heterocycles. The molecule has 0 bridgehead atoms. The number of anilines is 1. The Bertz CT molecular complexity index is 964. The van der Waals surface area contributed by atoms with E-state index in [9.17, 15) is 18.4 Å². The number of carbonyl (C=O) groups excluding carboxylic acids is 2. The number of halogens is 2. The lowest BCUT2D eigenvalue weighted by Gasteiger charge is -2.09. The summed E-state index contributed by atoms with van der Waals surface area (Å²) in [5, 5.41) is 6.20. The first-order valence-corrected chi connectivity index (χ1v) is 7.98. The van der Waals surface area contributed by atoms with Gasteiger partial charge in [0, 0.05) is 11.9 Å². The van der Waals surface area contributed by atoms with Gasteiger partial charge in [0.25, 0.3) is 5.91 Å². The van der Waals surface area contributed by atoms with E-state index in [2.05, 4.69) is 5.10 Å². The molecular weight excluding hydrogens is 356 g/mol. The Morgan fingerprint density at radius 1 is 1.07 bits per heavy atom. The predicted octanol–water partition coefficient (Wildman–Crippen LogP) is 3.25. The third-order valence-corrected chi connectivity index (χ3v) is 3.74. The summed E-state index contributed by atoms with van der Waals surface area (Å²) in [5.74, 6) is -3.42. The molecule has 8 heteroatoms. The molecule has 6 nitrogen and oxygen atoms in total. The third kappa shape index (κ3) is 4.17. The number of amides is 1. The number of aryl methyl sites for hydroxylation is 1. The lowest BCUT2D eigenvalue weighted by Crippen LogP contribution is -2.22. The highest BCUT2D eigenvalue weighted by Gasteiger charge is 2.14. The van der Waals surface area contributed by atoms with Gasteiger partial charge in [-0.05, 0) is 49.4 Å². The van der Waals surface area contributed by atoms with Gasteiger partial charge >= 0.3 is 5.97 Å². The van der Waals surface area contributed by atoms with Gasteiger partial charge in [-0.3, -0.25) is 4.79 Å². The minimum Gasteiger partial charge on any atom is -0.452 e. The Kier molecular flexibility index (Phi) is 5.25. The minimum absolute atomic E-state index is 0.230. The Morgan fingerprint density at radius 3 is 2.33 bits per heavy atom. The average molecular weight is 371 g/mol. The van der Waals surface area contributed by atoms with Gasteiger partial charge in [0.15, 0.2) is 6.61 Å². The fourth-order valence-corrected chi connectivity index (χ4v) is 2.39. The summed E-state index contributed by atoms with van der Waals surface area (Å²) in [5.41, 5.74) is 1.34. The first-order chi connectivity index (χ1) is 13.0. The van der Waals surface area contributed by atoms with E-state index in [0.29, 0.717) is 0 Å². The van der Waals surface area contributed by atoms with Crippen LogP contribution in [0.25, 0.3) is 5.69 Å². The minimum atomic E-state index is -0.917. The fourth-order valence-electron chi connectivity index (χ4n) is 2.39. The first-order valence-electron chi connectivity index (χ1n) is 7.98. The van der Waals surface area contributed by atoms with Gasteiger partial charge in [-0.15, -0.1) is 0 Å². The van der Waals surface area contributed by atoms with Crippen molar-refractivity contribution in [1.82, 2.24) is 9.78 Å². The van der Waals surface area contributed by atoms with Gasteiger partial charge in [-0.25, -0.2) is 18.3 Å². The molecule has 3 rings (SSSR count). The van der Waals surface area contributed by atoms with Crippen LogP contribution in [-0.2, 0) is 9.53 Å². The molecule has 2 aromatic carbocycles. The Hall–Kier alpha value is -3.55. The normalized spacial score (nSPS) is 10.5. The lowest BCUT2D eigenvalue weighted by atomic mass is 10.2. The molecule has 1 heterocycles. The number of nitrogens with one attached hydrogen (secondary N) is 1. The van der Waals surface area contributed by atoms with Crippen molar-refractivity contribution < 1.29 is 23.1 Å². The van der Waals surface area contributed by atoms with E-state index in [-0.39, 0.29) is 5.56 Å².